The minimum absolute atomic E-state index is 0.141. The molecule has 2 rings (SSSR count). The zero-order valence-electron chi connectivity index (χ0n) is 12.6. The number of hydrogen-bond acceptors (Lipinski definition) is 3. The number of halogens is 3. The normalized spacial score (nSPS) is 11.7. The largest absolute Gasteiger partial charge is 0.389 e. The molecule has 0 aliphatic rings. The number of carbonyl (C=O) groups is 1. The van der Waals surface area contributed by atoms with Gasteiger partial charge >= 0.3 is 6.18 Å². The number of benzene rings is 1. The van der Waals surface area contributed by atoms with E-state index in [0.29, 0.717) is 6.54 Å². The minimum Gasteiger partial charge on any atom is -0.369 e. The number of aromatic nitrogens is 3. The highest BCUT2D eigenvalue weighted by Crippen LogP contribution is 2.22. The summed E-state index contributed by atoms with van der Waals surface area (Å²) in [7, 11) is 0. The van der Waals surface area contributed by atoms with Crippen LogP contribution in [0.2, 0.25) is 0 Å². The van der Waals surface area contributed by atoms with Gasteiger partial charge in [0.2, 0.25) is 5.91 Å². The van der Waals surface area contributed by atoms with Crippen LogP contribution in [0.3, 0.4) is 0 Å². The zero-order valence-corrected chi connectivity index (χ0v) is 12.6. The predicted octanol–water partition coefficient (Wildman–Crippen LogP) is 2.16. The number of nitrogens with zero attached hydrogens (tertiary/aromatic N) is 3. The highest BCUT2D eigenvalue weighted by molar-refractivity contribution is 5.75. The summed E-state index contributed by atoms with van der Waals surface area (Å²) >= 11 is 0. The van der Waals surface area contributed by atoms with E-state index in [-0.39, 0.29) is 24.5 Å². The molecule has 23 heavy (non-hydrogen) atoms. The van der Waals surface area contributed by atoms with E-state index in [2.05, 4.69) is 10.1 Å². The fourth-order valence-electron chi connectivity index (χ4n) is 2.21. The third-order valence-electron chi connectivity index (χ3n) is 3.17. The third-order valence-corrected chi connectivity index (χ3v) is 3.17. The Morgan fingerprint density at radius 2 is 2.09 bits per heavy atom. The molecular formula is C15H17F3N4O. The van der Waals surface area contributed by atoms with Crippen molar-refractivity contribution in [2.24, 2.45) is 5.73 Å². The Hall–Kier alpha value is -2.38. The van der Waals surface area contributed by atoms with Gasteiger partial charge in [0, 0.05) is 6.42 Å². The van der Waals surface area contributed by atoms with E-state index in [0.717, 1.165) is 11.1 Å². The van der Waals surface area contributed by atoms with Gasteiger partial charge in [0.15, 0.2) is 5.82 Å². The smallest absolute Gasteiger partial charge is 0.369 e. The number of carbonyl (C=O) groups excluding carboxylic acids is 1. The Balaban J connectivity index is 2.23. The Labute approximate surface area is 131 Å². The Bertz CT molecular complexity index is 694. The van der Waals surface area contributed by atoms with Crippen molar-refractivity contribution in [1.82, 2.24) is 14.8 Å². The lowest BCUT2D eigenvalue weighted by atomic mass is 10.1. The lowest BCUT2D eigenvalue weighted by Crippen LogP contribution is -2.15. The molecule has 0 saturated carbocycles. The molecule has 124 valence electrons. The number of primary amides is 1. The summed E-state index contributed by atoms with van der Waals surface area (Å²) in [6.45, 7) is 2.22. The number of alkyl halides is 3. The van der Waals surface area contributed by atoms with Gasteiger partial charge in [-0.25, -0.2) is 9.67 Å². The number of amides is 1. The van der Waals surface area contributed by atoms with Crippen molar-refractivity contribution in [2.45, 2.75) is 38.9 Å². The fraction of sp³-hybridized carbons (Fsp3) is 0.400. The average molecular weight is 326 g/mol. The first kappa shape index (κ1) is 17.0. The van der Waals surface area contributed by atoms with E-state index in [9.17, 15) is 18.0 Å². The number of rotatable bonds is 6. The maximum absolute atomic E-state index is 12.4. The molecule has 0 unspecified atom stereocenters. The van der Waals surface area contributed by atoms with Crippen LogP contribution in [0.25, 0.3) is 0 Å². The Morgan fingerprint density at radius 3 is 2.70 bits per heavy atom. The van der Waals surface area contributed by atoms with Crippen molar-refractivity contribution in [3.8, 4) is 0 Å². The van der Waals surface area contributed by atoms with E-state index in [1.165, 1.54) is 4.68 Å². The van der Waals surface area contributed by atoms with Crippen LogP contribution in [-0.2, 0) is 24.2 Å². The summed E-state index contributed by atoms with van der Waals surface area (Å²) in [5.74, 6) is -0.289. The summed E-state index contributed by atoms with van der Waals surface area (Å²) in [6, 6.07) is 7.56. The number of hydrogen-bond donors (Lipinski definition) is 1. The highest BCUT2D eigenvalue weighted by atomic mass is 19.4. The Kier molecular flexibility index (Phi) is 5.02. The van der Waals surface area contributed by atoms with Gasteiger partial charge in [-0.2, -0.15) is 18.3 Å². The molecule has 1 heterocycles. The van der Waals surface area contributed by atoms with Gasteiger partial charge in [-0.1, -0.05) is 29.8 Å². The first-order chi connectivity index (χ1) is 10.7. The summed E-state index contributed by atoms with van der Waals surface area (Å²) in [5.41, 5.74) is 7.03. The topological polar surface area (TPSA) is 73.8 Å². The van der Waals surface area contributed by atoms with Crippen molar-refractivity contribution in [3.63, 3.8) is 0 Å². The molecule has 0 atom stereocenters. The van der Waals surface area contributed by atoms with E-state index >= 15 is 0 Å². The van der Waals surface area contributed by atoms with E-state index in [4.69, 9.17) is 5.73 Å². The molecule has 2 N–H and O–H groups in total. The molecule has 2 aromatic rings. The minimum atomic E-state index is -4.27. The van der Waals surface area contributed by atoms with Crippen LogP contribution in [0.1, 0.15) is 29.2 Å². The van der Waals surface area contributed by atoms with Crippen molar-refractivity contribution in [1.29, 1.82) is 0 Å². The lowest BCUT2D eigenvalue weighted by Gasteiger charge is -2.08. The van der Waals surface area contributed by atoms with Crippen LogP contribution in [0.5, 0.6) is 0 Å². The second-order valence-corrected chi connectivity index (χ2v) is 5.35. The standard InChI is InChI=1S/C15H17F3N4O/c1-10-3-2-4-11(7-10)9-22-14(5-6-15(16,17)18)20-13(21-22)8-12(19)23/h2-4,7H,5-6,8-9H2,1H3,(H2,19,23). The summed E-state index contributed by atoms with van der Waals surface area (Å²) < 4.78 is 38.7. The Morgan fingerprint density at radius 1 is 1.35 bits per heavy atom. The van der Waals surface area contributed by atoms with Crippen LogP contribution < -0.4 is 5.73 Å². The van der Waals surface area contributed by atoms with Crippen molar-refractivity contribution < 1.29 is 18.0 Å². The van der Waals surface area contributed by atoms with Crippen molar-refractivity contribution >= 4 is 5.91 Å². The monoisotopic (exact) mass is 326 g/mol. The quantitative estimate of drug-likeness (QED) is 0.884. The molecule has 0 spiro atoms. The molecule has 1 amide bonds. The molecule has 1 aromatic carbocycles. The highest BCUT2D eigenvalue weighted by Gasteiger charge is 2.28. The average Bonchev–Trinajstić information content (AvgIpc) is 2.76. The second kappa shape index (κ2) is 6.80. The number of aryl methyl sites for hydroxylation is 2. The maximum Gasteiger partial charge on any atom is 0.389 e. The molecule has 0 saturated heterocycles. The van der Waals surface area contributed by atoms with Crippen LogP contribution in [0.15, 0.2) is 24.3 Å². The van der Waals surface area contributed by atoms with Gasteiger partial charge in [-0.15, -0.1) is 0 Å². The van der Waals surface area contributed by atoms with Gasteiger partial charge in [-0.3, -0.25) is 4.79 Å². The molecule has 1 aromatic heterocycles. The first-order valence-corrected chi connectivity index (χ1v) is 7.06. The lowest BCUT2D eigenvalue weighted by molar-refractivity contribution is -0.134. The van der Waals surface area contributed by atoms with Crippen LogP contribution >= 0.6 is 0 Å². The van der Waals surface area contributed by atoms with Crippen LogP contribution in [0.4, 0.5) is 13.2 Å². The van der Waals surface area contributed by atoms with Gasteiger partial charge in [-0.05, 0) is 12.5 Å². The maximum atomic E-state index is 12.4. The van der Waals surface area contributed by atoms with Gasteiger partial charge in [0.05, 0.1) is 19.4 Å². The molecule has 0 fully saturated rings. The van der Waals surface area contributed by atoms with E-state index < -0.39 is 18.5 Å². The van der Waals surface area contributed by atoms with E-state index in [1.54, 1.807) is 0 Å². The SMILES string of the molecule is Cc1cccc(Cn2nc(CC(N)=O)nc2CCC(F)(F)F)c1. The first-order valence-electron chi connectivity index (χ1n) is 7.06. The van der Waals surface area contributed by atoms with Crippen molar-refractivity contribution in [2.75, 3.05) is 0 Å². The number of nitrogens with two attached hydrogens (primary N) is 1. The molecule has 0 radical (unpaired) electrons. The third kappa shape index (κ3) is 5.39. The molecule has 5 nitrogen and oxygen atoms in total. The van der Waals surface area contributed by atoms with Crippen LogP contribution in [0, 0.1) is 6.92 Å². The second-order valence-electron chi connectivity index (χ2n) is 5.35. The molecule has 0 bridgehead atoms. The van der Waals surface area contributed by atoms with Gasteiger partial charge in [0.25, 0.3) is 0 Å². The fourth-order valence-corrected chi connectivity index (χ4v) is 2.21. The van der Waals surface area contributed by atoms with E-state index in [1.807, 2.05) is 31.2 Å². The molecular weight excluding hydrogens is 309 g/mol. The predicted molar refractivity (Wildman–Crippen MR) is 77.6 cm³/mol. The summed E-state index contributed by atoms with van der Waals surface area (Å²) in [4.78, 5) is 15.0. The zero-order chi connectivity index (χ0) is 17.0. The summed E-state index contributed by atoms with van der Waals surface area (Å²) in [5, 5.41) is 4.11. The van der Waals surface area contributed by atoms with Crippen LogP contribution in [-0.4, -0.2) is 26.8 Å². The van der Waals surface area contributed by atoms with Gasteiger partial charge in [0.1, 0.15) is 5.82 Å². The molecule has 8 heteroatoms. The molecule has 0 aliphatic carbocycles. The van der Waals surface area contributed by atoms with Crippen molar-refractivity contribution in [3.05, 3.63) is 47.0 Å². The van der Waals surface area contributed by atoms with Gasteiger partial charge < -0.3 is 5.73 Å². The summed E-state index contributed by atoms with van der Waals surface area (Å²) in [6.07, 6.45) is -5.75. The molecule has 0 aliphatic heterocycles.